The lowest BCUT2D eigenvalue weighted by molar-refractivity contribution is -0.384. The number of hydrogen-bond acceptors (Lipinski definition) is 7. The second-order valence-corrected chi connectivity index (χ2v) is 4.64. The minimum Gasteiger partial charge on any atom is -0.465 e. The van der Waals surface area contributed by atoms with Gasteiger partial charge in [0.05, 0.1) is 17.6 Å². The van der Waals surface area contributed by atoms with E-state index in [1.54, 1.807) is 0 Å². The van der Waals surface area contributed by atoms with Crippen molar-refractivity contribution in [1.29, 1.82) is 0 Å². The van der Waals surface area contributed by atoms with Crippen LogP contribution in [0.2, 0.25) is 0 Å². The number of aromatic nitrogens is 1. The third kappa shape index (κ3) is 2.85. The third-order valence-corrected chi connectivity index (χ3v) is 3.30. The second kappa shape index (κ2) is 5.83. The summed E-state index contributed by atoms with van der Waals surface area (Å²) in [7, 11) is 1.22. The third-order valence-electron chi connectivity index (χ3n) is 3.30. The van der Waals surface area contributed by atoms with Gasteiger partial charge < -0.3 is 15.4 Å². The molecule has 0 unspecified atom stereocenters. The number of pyridine rings is 1. The van der Waals surface area contributed by atoms with Crippen molar-refractivity contribution in [2.24, 2.45) is 5.73 Å². The molecule has 0 amide bonds. The summed E-state index contributed by atoms with van der Waals surface area (Å²) in [4.78, 5) is 27.9. The number of carbonyl (C=O) groups excluding carboxylic acids is 1. The molecule has 2 N–H and O–H groups in total. The van der Waals surface area contributed by atoms with Crippen LogP contribution in [0.3, 0.4) is 0 Å². The number of methoxy groups -OCH3 is 1. The smallest absolute Gasteiger partial charge is 0.339 e. The minimum atomic E-state index is -0.646. The lowest BCUT2D eigenvalue weighted by atomic mass is 10.1. The molecule has 0 aromatic carbocycles. The van der Waals surface area contributed by atoms with Crippen LogP contribution in [0.25, 0.3) is 0 Å². The highest BCUT2D eigenvalue weighted by Gasteiger charge is 2.26. The maximum absolute atomic E-state index is 11.4. The molecule has 0 radical (unpaired) electrons. The first-order chi connectivity index (χ1) is 9.52. The number of nitro groups is 1. The summed E-state index contributed by atoms with van der Waals surface area (Å²) in [6, 6.07) is 1.32. The quantitative estimate of drug-likeness (QED) is 0.492. The van der Waals surface area contributed by atoms with E-state index < -0.39 is 10.9 Å². The van der Waals surface area contributed by atoms with E-state index in [-0.39, 0.29) is 23.1 Å². The fourth-order valence-electron chi connectivity index (χ4n) is 2.16. The van der Waals surface area contributed by atoms with Crippen molar-refractivity contribution in [1.82, 2.24) is 4.98 Å². The summed E-state index contributed by atoms with van der Waals surface area (Å²) in [5.74, 6) is -0.373. The van der Waals surface area contributed by atoms with Crippen molar-refractivity contribution >= 4 is 17.5 Å². The average Bonchev–Trinajstić information content (AvgIpc) is 2.46. The Hall–Kier alpha value is -2.22. The van der Waals surface area contributed by atoms with Crippen molar-refractivity contribution in [3.63, 3.8) is 0 Å². The van der Waals surface area contributed by atoms with Gasteiger partial charge in [0.1, 0.15) is 0 Å². The van der Waals surface area contributed by atoms with Crippen molar-refractivity contribution < 1.29 is 14.5 Å². The molecule has 0 bridgehead atoms. The van der Waals surface area contributed by atoms with Crippen molar-refractivity contribution in [2.45, 2.75) is 18.9 Å². The van der Waals surface area contributed by atoms with E-state index in [0.717, 1.165) is 12.8 Å². The predicted octanol–water partition coefficient (Wildman–Crippen LogP) is 0.704. The van der Waals surface area contributed by atoms with Crippen molar-refractivity contribution in [3.05, 3.63) is 27.9 Å². The monoisotopic (exact) mass is 280 g/mol. The molecular formula is C12H16N4O4. The molecule has 0 aliphatic carbocycles. The number of nitrogens with two attached hydrogens (primary N) is 1. The van der Waals surface area contributed by atoms with E-state index in [4.69, 9.17) is 5.73 Å². The van der Waals surface area contributed by atoms with Gasteiger partial charge in [-0.3, -0.25) is 10.1 Å². The Morgan fingerprint density at radius 3 is 2.75 bits per heavy atom. The summed E-state index contributed by atoms with van der Waals surface area (Å²) in [5, 5.41) is 11.2. The van der Waals surface area contributed by atoms with Crippen molar-refractivity contribution in [2.75, 3.05) is 25.1 Å². The maximum atomic E-state index is 11.4. The number of piperidine rings is 1. The lowest BCUT2D eigenvalue weighted by Gasteiger charge is -2.30. The number of esters is 1. The van der Waals surface area contributed by atoms with Crippen LogP contribution in [-0.4, -0.2) is 42.1 Å². The number of hydrogen-bond donors (Lipinski definition) is 1. The number of ether oxygens (including phenoxy) is 1. The standard InChI is InChI=1S/C12H16N4O4/c1-20-12(17)8-6-10(16(18)19)11(14-7-8)15-4-2-9(13)3-5-15/h6-7,9H,2-5,13H2,1H3. The molecule has 1 aromatic heterocycles. The Morgan fingerprint density at radius 1 is 1.55 bits per heavy atom. The van der Waals surface area contributed by atoms with Crippen LogP contribution in [0.5, 0.6) is 0 Å². The fourth-order valence-corrected chi connectivity index (χ4v) is 2.16. The Morgan fingerprint density at radius 2 is 2.20 bits per heavy atom. The molecule has 1 fully saturated rings. The average molecular weight is 280 g/mol. The lowest BCUT2D eigenvalue weighted by Crippen LogP contribution is -2.40. The highest BCUT2D eigenvalue weighted by atomic mass is 16.6. The molecule has 2 heterocycles. The normalized spacial score (nSPS) is 16.0. The molecule has 1 aromatic rings. The van der Waals surface area contributed by atoms with E-state index in [2.05, 4.69) is 9.72 Å². The summed E-state index contributed by atoms with van der Waals surface area (Å²) in [6.45, 7) is 1.24. The first-order valence-corrected chi connectivity index (χ1v) is 6.26. The first kappa shape index (κ1) is 14.2. The summed E-state index contributed by atoms with van der Waals surface area (Å²) in [6.07, 6.45) is 2.82. The molecule has 0 spiro atoms. The van der Waals surface area contributed by atoms with E-state index in [1.165, 1.54) is 19.4 Å². The Balaban J connectivity index is 2.33. The Bertz CT molecular complexity index is 526. The summed E-state index contributed by atoms with van der Waals surface area (Å²) >= 11 is 0. The van der Waals surface area contributed by atoms with Crippen LogP contribution in [0.1, 0.15) is 23.2 Å². The van der Waals surface area contributed by atoms with E-state index in [0.29, 0.717) is 13.1 Å². The zero-order chi connectivity index (χ0) is 14.7. The van der Waals surface area contributed by atoms with Crippen LogP contribution in [0.4, 0.5) is 11.5 Å². The molecule has 108 valence electrons. The molecule has 8 nitrogen and oxygen atoms in total. The van der Waals surface area contributed by atoms with Crippen LogP contribution in [0, 0.1) is 10.1 Å². The van der Waals surface area contributed by atoms with Gasteiger partial charge in [-0.15, -0.1) is 0 Å². The molecule has 20 heavy (non-hydrogen) atoms. The van der Waals surface area contributed by atoms with Gasteiger partial charge in [0, 0.05) is 31.4 Å². The van der Waals surface area contributed by atoms with Gasteiger partial charge >= 0.3 is 11.7 Å². The minimum absolute atomic E-state index is 0.0664. The molecule has 8 heteroatoms. The van der Waals surface area contributed by atoms with Gasteiger partial charge in [0.15, 0.2) is 0 Å². The van der Waals surface area contributed by atoms with Gasteiger partial charge in [-0.25, -0.2) is 9.78 Å². The molecule has 1 aliphatic heterocycles. The van der Waals surface area contributed by atoms with Gasteiger partial charge in [-0.2, -0.15) is 0 Å². The zero-order valence-electron chi connectivity index (χ0n) is 11.1. The number of anilines is 1. The van der Waals surface area contributed by atoms with Crippen LogP contribution in [0.15, 0.2) is 12.3 Å². The van der Waals surface area contributed by atoms with E-state index >= 15 is 0 Å². The van der Waals surface area contributed by atoms with Gasteiger partial charge in [-0.05, 0) is 12.8 Å². The van der Waals surface area contributed by atoms with Crippen LogP contribution in [-0.2, 0) is 4.74 Å². The summed E-state index contributed by atoms with van der Waals surface area (Å²) < 4.78 is 4.54. The highest BCUT2D eigenvalue weighted by Crippen LogP contribution is 2.28. The van der Waals surface area contributed by atoms with Crippen LogP contribution < -0.4 is 10.6 Å². The van der Waals surface area contributed by atoms with Gasteiger partial charge in [0.2, 0.25) is 5.82 Å². The van der Waals surface area contributed by atoms with Crippen molar-refractivity contribution in [3.8, 4) is 0 Å². The largest absolute Gasteiger partial charge is 0.465 e. The fraction of sp³-hybridized carbons (Fsp3) is 0.500. The van der Waals surface area contributed by atoms with Crippen LogP contribution >= 0.6 is 0 Å². The Labute approximate surface area is 115 Å². The molecule has 0 atom stereocenters. The Kier molecular flexibility index (Phi) is 4.14. The predicted molar refractivity (Wildman–Crippen MR) is 71.7 cm³/mol. The molecular weight excluding hydrogens is 264 g/mol. The van der Waals surface area contributed by atoms with Gasteiger partial charge in [-0.1, -0.05) is 0 Å². The molecule has 1 aliphatic rings. The number of rotatable bonds is 3. The van der Waals surface area contributed by atoms with E-state index in [9.17, 15) is 14.9 Å². The molecule has 0 saturated carbocycles. The van der Waals surface area contributed by atoms with E-state index in [1.807, 2.05) is 4.90 Å². The van der Waals surface area contributed by atoms with Gasteiger partial charge in [0.25, 0.3) is 0 Å². The SMILES string of the molecule is COC(=O)c1cnc(N2CCC(N)CC2)c([N+](=O)[O-])c1. The molecule has 1 saturated heterocycles. The number of nitrogens with zero attached hydrogens (tertiary/aromatic N) is 3. The highest BCUT2D eigenvalue weighted by molar-refractivity contribution is 5.90. The number of carbonyl (C=O) groups is 1. The molecule has 2 rings (SSSR count). The first-order valence-electron chi connectivity index (χ1n) is 6.26. The topological polar surface area (TPSA) is 112 Å². The maximum Gasteiger partial charge on any atom is 0.339 e. The second-order valence-electron chi connectivity index (χ2n) is 4.64. The summed E-state index contributed by atoms with van der Waals surface area (Å²) in [5.41, 5.74) is 5.69. The zero-order valence-corrected chi connectivity index (χ0v) is 11.1.